The molecule has 0 aliphatic carbocycles. The number of H-pyrrole nitrogens is 1. The minimum atomic E-state index is -4.39. The van der Waals surface area contributed by atoms with E-state index in [1.54, 1.807) is 18.3 Å². The van der Waals surface area contributed by atoms with E-state index >= 15 is 0 Å². The topological polar surface area (TPSA) is 100 Å². The quantitative estimate of drug-likeness (QED) is 0.367. The molecule has 172 valence electrons. The van der Waals surface area contributed by atoms with Crippen molar-refractivity contribution in [2.45, 2.75) is 25.6 Å². The summed E-state index contributed by atoms with van der Waals surface area (Å²) < 4.78 is 43.4. The van der Waals surface area contributed by atoms with Crippen LogP contribution < -0.4 is 16.4 Å². The predicted molar refractivity (Wildman–Crippen MR) is 119 cm³/mol. The molecule has 0 bridgehead atoms. The van der Waals surface area contributed by atoms with Crippen LogP contribution in [0.3, 0.4) is 0 Å². The normalized spacial score (nSPS) is 12.6. The first-order valence-electron chi connectivity index (χ1n) is 9.93. The number of amides is 1. The first-order chi connectivity index (χ1) is 15.7. The maximum Gasteiger partial charge on any atom is 0.417 e. The summed E-state index contributed by atoms with van der Waals surface area (Å²) in [5.74, 6) is -0.763. The molecule has 0 saturated heterocycles. The largest absolute Gasteiger partial charge is 0.417 e. The standard InChI is InChI=1S/C22H19F3N4O3S/c1-12(30)28-16(8-13-2-5-15(6-3-13)22(23,24)25)10-26-20-27-11-19(33-20)14-4-7-17-18(9-14)32-21(31)29-17/h2-7,9,11,16H,8,10H2,1H3,(H,26,27)(H,28,30)(H,29,31)/t16-/m0/s1. The lowest BCUT2D eigenvalue weighted by atomic mass is 10.0. The van der Waals surface area contributed by atoms with Crippen LogP contribution in [0.2, 0.25) is 0 Å². The Bertz CT molecular complexity index is 1330. The highest BCUT2D eigenvalue weighted by molar-refractivity contribution is 7.18. The molecule has 7 nitrogen and oxygen atoms in total. The van der Waals surface area contributed by atoms with Crippen LogP contribution in [0.25, 0.3) is 21.5 Å². The van der Waals surface area contributed by atoms with Gasteiger partial charge in [0.05, 0.1) is 22.0 Å². The van der Waals surface area contributed by atoms with E-state index in [2.05, 4.69) is 20.6 Å². The highest BCUT2D eigenvalue weighted by atomic mass is 32.1. The molecule has 0 aliphatic rings. The summed E-state index contributed by atoms with van der Waals surface area (Å²) in [5, 5.41) is 6.60. The number of carbonyl (C=O) groups excluding carboxylic acids is 1. The van der Waals surface area contributed by atoms with Gasteiger partial charge in [-0.15, -0.1) is 0 Å². The smallest absolute Gasteiger partial charge is 0.408 e. The summed E-state index contributed by atoms with van der Waals surface area (Å²) in [4.78, 5) is 30.7. The molecule has 0 fully saturated rings. The number of halogens is 3. The van der Waals surface area contributed by atoms with Gasteiger partial charge in [0, 0.05) is 19.7 Å². The van der Waals surface area contributed by atoms with Crippen molar-refractivity contribution in [3.8, 4) is 10.4 Å². The number of carbonyl (C=O) groups is 1. The van der Waals surface area contributed by atoms with Crippen LogP contribution in [-0.2, 0) is 17.4 Å². The first-order valence-corrected chi connectivity index (χ1v) is 10.8. The minimum absolute atomic E-state index is 0.241. The average molecular weight is 476 g/mol. The fourth-order valence-corrected chi connectivity index (χ4v) is 4.19. The Morgan fingerprint density at radius 1 is 1.21 bits per heavy atom. The number of rotatable bonds is 7. The molecule has 0 radical (unpaired) electrons. The lowest BCUT2D eigenvalue weighted by Gasteiger charge is -2.19. The van der Waals surface area contributed by atoms with Gasteiger partial charge < -0.3 is 15.1 Å². The van der Waals surface area contributed by atoms with Crippen LogP contribution >= 0.6 is 11.3 Å². The summed E-state index contributed by atoms with van der Waals surface area (Å²) >= 11 is 1.38. The molecule has 3 N–H and O–H groups in total. The zero-order chi connectivity index (χ0) is 23.6. The molecule has 4 rings (SSSR count). The van der Waals surface area contributed by atoms with Gasteiger partial charge in [-0.2, -0.15) is 13.2 Å². The van der Waals surface area contributed by atoms with E-state index in [0.29, 0.717) is 34.8 Å². The van der Waals surface area contributed by atoms with E-state index < -0.39 is 17.5 Å². The van der Waals surface area contributed by atoms with Gasteiger partial charge >= 0.3 is 11.9 Å². The Morgan fingerprint density at radius 3 is 2.67 bits per heavy atom. The molecule has 2 aromatic carbocycles. The van der Waals surface area contributed by atoms with Gasteiger partial charge in [0.1, 0.15) is 0 Å². The van der Waals surface area contributed by atoms with Crippen LogP contribution in [-0.4, -0.2) is 28.5 Å². The zero-order valence-corrected chi connectivity index (χ0v) is 18.1. The van der Waals surface area contributed by atoms with Crippen molar-refractivity contribution < 1.29 is 22.4 Å². The van der Waals surface area contributed by atoms with Gasteiger partial charge in [-0.1, -0.05) is 29.5 Å². The third-order valence-corrected chi connectivity index (χ3v) is 5.89. The van der Waals surface area contributed by atoms with Crippen molar-refractivity contribution in [2.75, 3.05) is 11.9 Å². The minimum Gasteiger partial charge on any atom is -0.408 e. The number of aromatic nitrogens is 2. The zero-order valence-electron chi connectivity index (χ0n) is 17.3. The average Bonchev–Trinajstić information content (AvgIpc) is 3.36. The Balaban J connectivity index is 1.43. The molecular formula is C22H19F3N4O3S. The number of alkyl halides is 3. The Morgan fingerprint density at radius 2 is 1.97 bits per heavy atom. The van der Waals surface area contributed by atoms with E-state index in [-0.39, 0.29) is 11.9 Å². The molecule has 1 amide bonds. The summed E-state index contributed by atoms with van der Waals surface area (Å²) in [6.07, 6.45) is -2.36. The molecular weight excluding hydrogens is 457 g/mol. The fraction of sp³-hybridized carbons (Fsp3) is 0.227. The van der Waals surface area contributed by atoms with Crippen LogP contribution in [0.15, 0.2) is 57.9 Å². The molecule has 1 atom stereocenters. The number of aromatic amines is 1. The van der Waals surface area contributed by atoms with E-state index in [0.717, 1.165) is 22.6 Å². The molecule has 11 heteroatoms. The molecule has 2 aromatic heterocycles. The molecule has 4 aromatic rings. The Hall–Kier alpha value is -3.60. The molecule has 2 heterocycles. The van der Waals surface area contributed by atoms with Crippen molar-refractivity contribution in [3.05, 3.63) is 70.3 Å². The number of thiazole rings is 1. The summed E-state index contributed by atoms with van der Waals surface area (Å²) in [7, 11) is 0. The second-order valence-electron chi connectivity index (χ2n) is 7.43. The van der Waals surface area contributed by atoms with Crippen molar-refractivity contribution >= 4 is 33.5 Å². The maximum atomic E-state index is 12.8. The van der Waals surface area contributed by atoms with E-state index in [9.17, 15) is 22.8 Å². The number of hydrogen-bond donors (Lipinski definition) is 3. The lowest BCUT2D eigenvalue weighted by Crippen LogP contribution is -2.40. The summed E-state index contributed by atoms with van der Waals surface area (Å²) in [5.41, 5.74) is 1.84. The number of nitrogens with one attached hydrogen (secondary N) is 3. The highest BCUT2D eigenvalue weighted by Crippen LogP contribution is 2.31. The first kappa shape index (κ1) is 22.6. The van der Waals surface area contributed by atoms with Crippen molar-refractivity contribution in [1.29, 1.82) is 0 Å². The summed E-state index contributed by atoms with van der Waals surface area (Å²) in [6, 6.07) is 9.87. The molecule has 0 unspecified atom stereocenters. The number of benzene rings is 2. The van der Waals surface area contributed by atoms with E-state index in [1.807, 2.05) is 6.07 Å². The van der Waals surface area contributed by atoms with Crippen molar-refractivity contribution in [3.63, 3.8) is 0 Å². The van der Waals surface area contributed by atoms with Gasteiger partial charge in [-0.25, -0.2) is 9.78 Å². The van der Waals surface area contributed by atoms with Gasteiger partial charge in [-0.3, -0.25) is 9.78 Å². The fourth-order valence-electron chi connectivity index (χ4n) is 3.37. The second kappa shape index (κ2) is 9.10. The predicted octanol–water partition coefficient (Wildman–Crippen LogP) is 4.42. The number of hydrogen-bond acceptors (Lipinski definition) is 6. The number of anilines is 1. The summed E-state index contributed by atoms with van der Waals surface area (Å²) in [6.45, 7) is 1.72. The van der Waals surface area contributed by atoms with E-state index in [4.69, 9.17) is 4.42 Å². The second-order valence-corrected chi connectivity index (χ2v) is 8.46. The van der Waals surface area contributed by atoms with Crippen molar-refractivity contribution in [1.82, 2.24) is 15.3 Å². The van der Waals surface area contributed by atoms with Gasteiger partial charge in [0.25, 0.3) is 0 Å². The van der Waals surface area contributed by atoms with Gasteiger partial charge in [0.15, 0.2) is 10.7 Å². The third-order valence-electron chi connectivity index (χ3n) is 4.88. The number of oxazole rings is 1. The third kappa shape index (κ3) is 5.61. The molecule has 33 heavy (non-hydrogen) atoms. The molecule has 0 aliphatic heterocycles. The SMILES string of the molecule is CC(=O)N[C@H](CNc1ncc(-c2ccc3[nH]c(=O)oc3c2)s1)Cc1ccc(C(F)(F)F)cc1. The number of fused-ring (bicyclic) bond motifs is 1. The molecule has 0 saturated carbocycles. The Kier molecular flexibility index (Phi) is 6.23. The van der Waals surface area contributed by atoms with Gasteiger partial charge in [-0.05, 0) is 41.8 Å². The van der Waals surface area contributed by atoms with Crippen LogP contribution in [0.4, 0.5) is 18.3 Å². The maximum absolute atomic E-state index is 12.8. The van der Waals surface area contributed by atoms with Crippen LogP contribution in [0.5, 0.6) is 0 Å². The van der Waals surface area contributed by atoms with Crippen molar-refractivity contribution in [2.24, 2.45) is 0 Å². The Labute approximate surface area is 189 Å². The lowest BCUT2D eigenvalue weighted by molar-refractivity contribution is -0.137. The van der Waals surface area contributed by atoms with Gasteiger partial charge in [0.2, 0.25) is 5.91 Å². The highest BCUT2D eigenvalue weighted by Gasteiger charge is 2.30. The van der Waals surface area contributed by atoms with Crippen LogP contribution in [0.1, 0.15) is 18.1 Å². The molecule has 0 spiro atoms. The monoisotopic (exact) mass is 476 g/mol. The van der Waals surface area contributed by atoms with Crippen LogP contribution in [0, 0.1) is 0 Å². The van der Waals surface area contributed by atoms with E-state index in [1.165, 1.54) is 30.4 Å². The number of nitrogens with zero attached hydrogens (tertiary/aromatic N) is 1.